The van der Waals surface area contributed by atoms with Crippen molar-refractivity contribution in [3.8, 4) is 0 Å². The number of nitrogens with one attached hydrogen (secondary N) is 1. The van der Waals surface area contributed by atoms with Crippen LogP contribution in [-0.4, -0.2) is 21.5 Å². The first-order valence-electron chi connectivity index (χ1n) is 3.44. The van der Waals surface area contributed by atoms with E-state index in [4.69, 9.17) is 5.11 Å². The van der Waals surface area contributed by atoms with E-state index < -0.39 is 17.0 Å². The number of hydrogen-bond acceptors (Lipinski definition) is 3. The summed E-state index contributed by atoms with van der Waals surface area (Å²) in [6, 6.07) is 1.68. The van der Waals surface area contributed by atoms with Gasteiger partial charge in [-0.15, -0.1) is 11.3 Å². The highest BCUT2D eigenvalue weighted by atomic mass is 32.2. The molecule has 1 heterocycles. The van der Waals surface area contributed by atoms with Crippen LogP contribution in [0.15, 0.2) is 6.07 Å². The van der Waals surface area contributed by atoms with Crippen molar-refractivity contribution < 1.29 is 14.1 Å². The van der Waals surface area contributed by atoms with E-state index >= 15 is 0 Å². The first kappa shape index (κ1) is 10.2. The first-order chi connectivity index (χ1) is 6.00. The van der Waals surface area contributed by atoms with Crippen LogP contribution in [0.2, 0.25) is 0 Å². The van der Waals surface area contributed by atoms with Crippen molar-refractivity contribution in [1.82, 2.24) is 0 Å². The number of carbonyl (C=O) groups is 1. The Morgan fingerprint density at radius 1 is 1.69 bits per heavy atom. The highest BCUT2D eigenvalue weighted by Crippen LogP contribution is 2.26. The van der Waals surface area contributed by atoms with Crippen molar-refractivity contribution >= 4 is 33.3 Å². The summed E-state index contributed by atoms with van der Waals surface area (Å²) in [7, 11) is -1.16. The zero-order valence-electron chi connectivity index (χ0n) is 7.16. The number of anilines is 1. The summed E-state index contributed by atoms with van der Waals surface area (Å²) in [5.41, 5.74) is 0.686. The van der Waals surface area contributed by atoms with Gasteiger partial charge in [0, 0.05) is 6.26 Å². The van der Waals surface area contributed by atoms with E-state index in [1.807, 2.05) is 0 Å². The molecule has 0 aliphatic heterocycles. The van der Waals surface area contributed by atoms with Crippen LogP contribution in [0.1, 0.15) is 15.2 Å². The summed E-state index contributed by atoms with van der Waals surface area (Å²) in [5.74, 6) is -0.947. The van der Waals surface area contributed by atoms with Crippen LogP contribution in [0.4, 0.5) is 5.00 Å². The van der Waals surface area contributed by atoms with Gasteiger partial charge < -0.3 is 5.11 Å². The van der Waals surface area contributed by atoms with Crippen LogP contribution in [0.3, 0.4) is 0 Å². The van der Waals surface area contributed by atoms with Gasteiger partial charge in [-0.3, -0.25) is 4.72 Å². The Kier molecular flexibility index (Phi) is 3.05. The van der Waals surface area contributed by atoms with Crippen molar-refractivity contribution in [2.45, 2.75) is 6.92 Å². The SMILES string of the molecule is Cc1cc(NS(C)=O)sc1C(=O)O. The van der Waals surface area contributed by atoms with Crippen LogP contribution in [0.25, 0.3) is 0 Å². The summed E-state index contributed by atoms with van der Waals surface area (Å²) < 4.78 is 13.4. The van der Waals surface area contributed by atoms with E-state index in [9.17, 15) is 9.00 Å². The van der Waals surface area contributed by atoms with Gasteiger partial charge in [-0.05, 0) is 18.6 Å². The molecule has 13 heavy (non-hydrogen) atoms. The predicted molar refractivity (Wildman–Crippen MR) is 53.7 cm³/mol. The molecule has 6 heteroatoms. The molecule has 0 saturated heterocycles. The summed E-state index contributed by atoms with van der Waals surface area (Å²) in [6.07, 6.45) is 1.50. The maximum absolute atomic E-state index is 10.8. The second kappa shape index (κ2) is 3.89. The standard InChI is InChI=1S/C7H9NO3S2/c1-4-3-5(8-13(2)11)12-6(4)7(9)10/h3,8H,1-2H3,(H,9,10). The van der Waals surface area contributed by atoms with Crippen LogP contribution < -0.4 is 4.72 Å². The first-order valence-corrected chi connectivity index (χ1v) is 5.82. The van der Waals surface area contributed by atoms with Crippen molar-refractivity contribution in [1.29, 1.82) is 0 Å². The molecule has 4 nitrogen and oxygen atoms in total. The molecule has 0 aromatic carbocycles. The van der Waals surface area contributed by atoms with Crippen LogP contribution in [-0.2, 0) is 11.0 Å². The molecule has 2 N–H and O–H groups in total. The predicted octanol–water partition coefficient (Wildman–Crippen LogP) is 1.46. The molecule has 0 spiro atoms. The van der Waals surface area contributed by atoms with Crippen molar-refractivity contribution in [3.05, 3.63) is 16.5 Å². The minimum atomic E-state index is -1.16. The van der Waals surface area contributed by atoms with Gasteiger partial charge in [-0.1, -0.05) is 0 Å². The maximum Gasteiger partial charge on any atom is 0.346 e. The number of aryl methyl sites for hydroxylation is 1. The molecular formula is C7H9NO3S2. The smallest absolute Gasteiger partial charge is 0.346 e. The molecule has 0 aliphatic rings. The van der Waals surface area contributed by atoms with Gasteiger partial charge >= 0.3 is 5.97 Å². The normalized spacial score (nSPS) is 12.5. The Hall–Kier alpha value is -0.880. The Bertz CT molecular complexity index is 359. The van der Waals surface area contributed by atoms with Gasteiger partial charge in [-0.25, -0.2) is 9.00 Å². The molecule has 0 aliphatic carbocycles. The van der Waals surface area contributed by atoms with Gasteiger partial charge in [0.05, 0.1) is 0 Å². The van der Waals surface area contributed by atoms with Gasteiger partial charge in [0.1, 0.15) is 20.9 Å². The molecule has 1 aromatic heterocycles. The van der Waals surface area contributed by atoms with Gasteiger partial charge in [0.15, 0.2) is 0 Å². The van der Waals surface area contributed by atoms with Gasteiger partial charge in [0.25, 0.3) is 0 Å². The fourth-order valence-electron chi connectivity index (χ4n) is 0.886. The summed E-state index contributed by atoms with van der Waals surface area (Å²) in [4.78, 5) is 10.9. The van der Waals surface area contributed by atoms with Gasteiger partial charge in [0.2, 0.25) is 0 Å². The van der Waals surface area contributed by atoms with E-state index in [-0.39, 0.29) is 4.88 Å². The lowest BCUT2D eigenvalue weighted by atomic mass is 10.3. The molecule has 0 bridgehead atoms. The van der Waals surface area contributed by atoms with E-state index in [0.717, 1.165) is 11.3 Å². The third-order valence-electron chi connectivity index (χ3n) is 1.36. The quantitative estimate of drug-likeness (QED) is 0.808. The number of thiophene rings is 1. The number of carboxylic acids is 1. The molecular weight excluding hydrogens is 210 g/mol. The zero-order valence-corrected chi connectivity index (χ0v) is 8.79. The lowest BCUT2D eigenvalue weighted by molar-refractivity contribution is 0.0701. The Labute approximate surface area is 82.2 Å². The summed E-state index contributed by atoms with van der Waals surface area (Å²) in [6.45, 7) is 1.71. The number of carboxylic acid groups (broad SMARTS) is 1. The fraction of sp³-hybridized carbons (Fsp3) is 0.286. The van der Waals surface area contributed by atoms with E-state index in [0.29, 0.717) is 10.6 Å². The highest BCUT2D eigenvalue weighted by molar-refractivity contribution is 7.85. The number of rotatable bonds is 3. The Balaban J connectivity index is 2.95. The third kappa shape index (κ3) is 2.53. The minimum absolute atomic E-state index is 0.285. The monoisotopic (exact) mass is 219 g/mol. The number of aromatic carboxylic acids is 1. The second-order valence-corrected chi connectivity index (χ2v) is 4.65. The Morgan fingerprint density at radius 3 is 2.69 bits per heavy atom. The van der Waals surface area contributed by atoms with Crippen LogP contribution in [0, 0.1) is 6.92 Å². The second-order valence-electron chi connectivity index (χ2n) is 2.48. The third-order valence-corrected chi connectivity index (χ3v) is 3.13. The van der Waals surface area contributed by atoms with Crippen molar-refractivity contribution in [2.24, 2.45) is 0 Å². The fourth-order valence-corrected chi connectivity index (χ4v) is 2.51. The molecule has 1 atom stereocenters. The molecule has 1 aromatic rings. The molecule has 0 fully saturated rings. The molecule has 0 radical (unpaired) electrons. The van der Waals surface area contributed by atoms with Crippen LogP contribution in [0.5, 0.6) is 0 Å². The van der Waals surface area contributed by atoms with E-state index in [1.165, 1.54) is 6.26 Å². The van der Waals surface area contributed by atoms with Crippen molar-refractivity contribution in [3.63, 3.8) is 0 Å². The highest BCUT2D eigenvalue weighted by Gasteiger charge is 2.11. The lowest BCUT2D eigenvalue weighted by Crippen LogP contribution is -1.98. The summed E-state index contributed by atoms with van der Waals surface area (Å²) >= 11 is 1.09. The molecule has 0 amide bonds. The zero-order chi connectivity index (χ0) is 10.0. The minimum Gasteiger partial charge on any atom is -0.477 e. The van der Waals surface area contributed by atoms with Crippen molar-refractivity contribution in [2.75, 3.05) is 11.0 Å². The molecule has 1 unspecified atom stereocenters. The largest absolute Gasteiger partial charge is 0.477 e. The maximum atomic E-state index is 10.8. The number of hydrogen-bond donors (Lipinski definition) is 2. The average molecular weight is 219 g/mol. The molecule has 0 saturated carbocycles. The van der Waals surface area contributed by atoms with Crippen LogP contribution >= 0.6 is 11.3 Å². The van der Waals surface area contributed by atoms with Gasteiger partial charge in [-0.2, -0.15) is 0 Å². The Morgan fingerprint density at radius 2 is 2.31 bits per heavy atom. The summed E-state index contributed by atoms with van der Waals surface area (Å²) in [5, 5.41) is 9.34. The average Bonchev–Trinajstić information content (AvgIpc) is 2.29. The lowest BCUT2D eigenvalue weighted by Gasteiger charge is -1.94. The molecule has 1 rings (SSSR count). The van der Waals surface area contributed by atoms with E-state index in [2.05, 4.69) is 4.72 Å². The molecule has 72 valence electrons. The topological polar surface area (TPSA) is 66.4 Å². The van der Waals surface area contributed by atoms with E-state index in [1.54, 1.807) is 13.0 Å².